The normalized spacial score (nSPS) is 37.7. The summed E-state index contributed by atoms with van der Waals surface area (Å²) < 4.78 is 22.3. The Morgan fingerprint density at radius 2 is 1.40 bits per heavy atom. The molecule has 2 fully saturated rings. The third-order valence-corrected chi connectivity index (χ3v) is 6.55. The Bertz CT molecular complexity index is 807. The van der Waals surface area contributed by atoms with Crippen LogP contribution in [0.2, 0.25) is 0 Å². The third-order valence-electron chi connectivity index (χ3n) is 6.55. The lowest BCUT2D eigenvalue weighted by molar-refractivity contribution is -0.353. The number of nitrogens with one attached hydrogen (secondary N) is 2. The van der Waals surface area contributed by atoms with Crippen LogP contribution in [0.5, 0.6) is 0 Å². The first-order valence-electron chi connectivity index (χ1n) is 12.5. The van der Waals surface area contributed by atoms with Crippen molar-refractivity contribution in [3.63, 3.8) is 0 Å². The molecular formula is C22H40N2O16. The topological polar surface area (TPSA) is 297 Å². The molecule has 18 heteroatoms. The molecule has 0 aliphatic carbocycles. The summed E-state index contributed by atoms with van der Waals surface area (Å²) in [6.07, 6.45) is -20.6. The van der Waals surface area contributed by atoms with E-state index in [1.807, 2.05) is 0 Å². The Morgan fingerprint density at radius 3 is 1.90 bits per heavy atom. The highest BCUT2D eigenvalue weighted by atomic mass is 16.7. The second-order valence-electron chi connectivity index (χ2n) is 9.57. The Balaban J connectivity index is 2.38. The monoisotopic (exact) mass is 588 g/mol. The first kappa shape index (κ1) is 34.6. The summed E-state index contributed by atoms with van der Waals surface area (Å²) in [5, 5.41) is 105. The molecule has 2 heterocycles. The van der Waals surface area contributed by atoms with E-state index in [1.54, 1.807) is 0 Å². The molecule has 2 amide bonds. The quantitative estimate of drug-likeness (QED) is 0.0950. The molecule has 2 unspecified atom stereocenters. The fourth-order valence-electron chi connectivity index (χ4n) is 4.46. The number of ether oxygens (including phenoxy) is 4. The average molecular weight is 589 g/mol. The number of carbonyl (C=O) groups is 2. The van der Waals surface area contributed by atoms with Gasteiger partial charge in [-0.05, 0) is 0 Å². The highest BCUT2D eigenvalue weighted by Crippen LogP contribution is 2.30. The zero-order valence-electron chi connectivity index (χ0n) is 21.8. The molecule has 2 saturated heterocycles. The van der Waals surface area contributed by atoms with E-state index in [1.165, 1.54) is 0 Å². The van der Waals surface area contributed by atoms with Gasteiger partial charge in [0, 0.05) is 13.8 Å². The number of hydrogen-bond acceptors (Lipinski definition) is 16. The lowest BCUT2D eigenvalue weighted by Gasteiger charge is -2.48. The van der Waals surface area contributed by atoms with E-state index in [-0.39, 0.29) is 0 Å². The molecule has 2 aliphatic heterocycles. The number of carbonyl (C=O) groups excluding carboxylic acids is 2. The summed E-state index contributed by atoms with van der Waals surface area (Å²) in [7, 11) is 0. The molecule has 40 heavy (non-hydrogen) atoms. The van der Waals surface area contributed by atoms with E-state index in [9.17, 15) is 60.7 Å². The standard InChI is InChI=1S/C22H40N2O16/c1-7(29)23-9(3-25)19(14(32)10(31)4-26)39-21-13(24-8(2)30)16(34)20(12(6-28)38-21)40-22-18(36)17(35)15(33)11(5-27)37-22/h9-22,25-28,31-36H,3-6H2,1-2H3,(H,23,29)(H,24,30)/t9-,10+,11+,12+,13+,14-,15-,16+,17-,18+,19+,20+,21?,22?/m0/s1. The Labute approximate surface area is 228 Å². The molecule has 0 bridgehead atoms. The SMILES string of the molecule is CC(=O)N[C@@H](CO)[C@@H](OC1O[C@H](CO)[C@@H](OC2O[C@H](CO)[C@H](O)[C@H](O)[C@H]2O)[C@H](O)[C@H]1NC(C)=O)[C@@H](O)[C@H](O)CO. The number of amides is 2. The van der Waals surface area contributed by atoms with Gasteiger partial charge in [-0.15, -0.1) is 0 Å². The van der Waals surface area contributed by atoms with Crippen LogP contribution in [0, 0.1) is 0 Å². The van der Waals surface area contributed by atoms with E-state index in [0.29, 0.717) is 0 Å². The highest BCUT2D eigenvalue weighted by Gasteiger charge is 2.52. The summed E-state index contributed by atoms with van der Waals surface area (Å²) >= 11 is 0. The Hall–Kier alpha value is -1.62. The summed E-state index contributed by atoms with van der Waals surface area (Å²) in [5.41, 5.74) is 0. The average Bonchev–Trinajstić information content (AvgIpc) is 2.92. The minimum Gasteiger partial charge on any atom is -0.394 e. The molecule has 0 saturated carbocycles. The molecule has 12 N–H and O–H groups in total. The minimum atomic E-state index is -1.94. The predicted octanol–water partition coefficient (Wildman–Crippen LogP) is -7.65. The van der Waals surface area contributed by atoms with Crippen molar-refractivity contribution in [1.82, 2.24) is 10.6 Å². The first-order chi connectivity index (χ1) is 18.8. The van der Waals surface area contributed by atoms with Crippen LogP contribution >= 0.6 is 0 Å². The molecule has 18 nitrogen and oxygen atoms in total. The van der Waals surface area contributed by atoms with Crippen LogP contribution in [0.1, 0.15) is 13.8 Å². The lowest BCUT2D eigenvalue weighted by atomic mass is 9.95. The van der Waals surface area contributed by atoms with Crippen LogP contribution in [-0.4, -0.2) is 175 Å². The number of aliphatic hydroxyl groups is 10. The summed E-state index contributed by atoms with van der Waals surface area (Å²) in [6, 6.07) is -2.93. The van der Waals surface area contributed by atoms with Crippen molar-refractivity contribution in [2.75, 3.05) is 26.4 Å². The summed E-state index contributed by atoms with van der Waals surface area (Å²) in [5.74, 6) is -1.38. The van der Waals surface area contributed by atoms with Crippen LogP contribution in [-0.2, 0) is 28.5 Å². The van der Waals surface area contributed by atoms with Gasteiger partial charge in [0.25, 0.3) is 0 Å². The fraction of sp³-hybridized carbons (Fsp3) is 0.909. The van der Waals surface area contributed by atoms with Crippen molar-refractivity contribution in [3.05, 3.63) is 0 Å². The Kier molecular flexibility index (Phi) is 13.5. The lowest BCUT2D eigenvalue weighted by Crippen LogP contribution is -2.69. The summed E-state index contributed by atoms with van der Waals surface area (Å²) in [4.78, 5) is 23.6. The van der Waals surface area contributed by atoms with Crippen LogP contribution in [0.25, 0.3) is 0 Å². The predicted molar refractivity (Wildman–Crippen MR) is 127 cm³/mol. The van der Waals surface area contributed by atoms with Crippen LogP contribution in [0.15, 0.2) is 0 Å². The third kappa shape index (κ3) is 8.23. The van der Waals surface area contributed by atoms with Crippen molar-refractivity contribution in [2.24, 2.45) is 0 Å². The maximum absolute atomic E-state index is 12.0. The minimum absolute atomic E-state index is 0.664. The Morgan fingerprint density at radius 1 is 0.800 bits per heavy atom. The molecule has 0 radical (unpaired) electrons. The first-order valence-corrected chi connectivity index (χ1v) is 12.5. The molecule has 234 valence electrons. The highest BCUT2D eigenvalue weighted by molar-refractivity contribution is 5.73. The van der Waals surface area contributed by atoms with Gasteiger partial charge in [0.2, 0.25) is 11.8 Å². The maximum atomic E-state index is 12.0. The van der Waals surface area contributed by atoms with Crippen molar-refractivity contribution in [3.8, 4) is 0 Å². The van der Waals surface area contributed by atoms with Gasteiger partial charge < -0.3 is 80.6 Å². The van der Waals surface area contributed by atoms with Gasteiger partial charge in [0.05, 0.1) is 32.5 Å². The zero-order chi connectivity index (χ0) is 30.3. The van der Waals surface area contributed by atoms with Crippen LogP contribution in [0.4, 0.5) is 0 Å². The fourth-order valence-corrected chi connectivity index (χ4v) is 4.46. The van der Waals surface area contributed by atoms with Crippen molar-refractivity contribution in [2.45, 2.75) is 99.6 Å². The van der Waals surface area contributed by atoms with Gasteiger partial charge in [0.15, 0.2) is 12.6 Å². The van der Waals surface area contributed by atoms with Crippen molar-refractivity contribution >= 4 is 11.8 Å². The van der Waals surface area contributed by atoms with E-state index in [0.717, 1.165) is 13.8 Å². The molecule has 2 rings (SSSR count). The van der Waals surface area contributed by atoms with Crippen molar-refractivity contribution < 1.29 is 79.6 Å². The molecule has 0 aromatic carbocycles. The second-order valence-corrected chi connectivity index (χ2v) is 9.57. The second kappa shape index (κ2) is 15.6. The van der Waals surface area contributed by atoms with Crippen LogP contribution in [0.3, 0.4) is 0 Å². The van der Waals surface area contributed by atoms with Gasteiger partial charge in [-0.3, -0.25) is 9.59 Å². The maximum Gasteiger partial charge on any atom is 0.217 e. The van der Waals surface area contributed by atoms with E-state index in [4.69, 9.17) is 18.9 Å². The van der Waals surface area contributed by atoms with E-state index < -0.39 is 124 Å². The number of rotatable bonds is 13. The largest absolute Gasteiger partial charge is 0.394 e. The van der Waals surface area contributed by atoms with Gasteiger partial charge in [-0.25, -0.2) is 0 Å². The molecule has 0 aromatic rings. The molecular weight excluding hydrogens is 548 g/mol. The van der Waals surface area contributed by atoms with Gasteiger partial charge in [-0.1, -0.05) is 0 Å². The molecule has 0 spiro atoms. The van der Waals surface area contributed by atoms with Gasteiger partial charge in [-0.2, -0.15) is 0 Å². The molecule has 14 atom stereocenters. The smallest absolute Gasteiger partial charge is 0.217 e. The molecule has 0 aromatic heterocycles. The van der Waals surface area contributed by atoms with Gasteiger partial charge in [0.1, 0.15) is 67.1 Å². The van der Waals surface area contributed by atoms with Crippen LogP contribution < -0.4 is 10.6 Å². The van der Waals surface area contributed by atoms with E-state index >= 15 is 0 Å². The summed E-state index contributed by atoms with van der Waals surface area (Å²) in [6.45, 7) is -1.24. The zero-order valence-corrected chi connectivity index (χ0v) is 21.8. The van der Waals surface area contributed by atoms with Gasteiger partial charge >= 0.3 is 0 Å². The number of aliphatic hydroxyl groups excluding tert-OH is 10. The van der Waals surface area contributed by atoms with Crippen molar-refractivity contribution in [1.29, 1.82) is 0 Å². The number of hydrogen-bond donors (Lipinski definition) is 12. The van der Waals surface area contributed by atoms with E-state index in [2.05, 4.69) is 10.6 Å². The molecule has 2 aliphatic rings.